The van der Waals surface area contributed by atoms with Crippen LogP contribution in [0.4, 0.5) is 0 Å². The Morgan fingerprint density at radius 1 is 1.43 bits per heavy atom. The van der Waals surface area contributed by atoms with Gasteiger partial charge in [-0.2, -0.15) is 0 Å². The maximum absolute atomic E-state index is 6.12. The summed E-state index contributed by atoms with van der Waals surface area (Å²) in [4.78, 5) is 4.55. The lowest BCUT2D eigenvalue weighted by Crippen LogP contribution is -2.18. The second-order valence-electron chi connectivity index (χ2n) is 5.12. The molecule has 3 nitrogen and oxygen atoms in total. The van der Waals surface area contributed by atoms with Gasteiger partial charge in [0, 0.05) is 16.4 Å². The molecule has 1 N–H and O–H groups in total. The lowest BCUT2D eigenvalue weighted by Gasteiger charge is -2.06. The molecule has 1 aromatic heterocycles. The van der Waals surface area contributed by atoms with Crippen LogP contribution in [0.1, 0.15) is 24.5 Å². The zero-order valence-corrected chi connectivity index (χ0v) is 15.2. The van der Waals surface area contributed by atoms with Crippen LogP contribution in [0.25, 0.3) is 0 Å². The van der Waals surface area contributed by atoms with Crippen molar-refractivity contribution in [1.29, 1.82) is 0 Å². The predicted octanol–water partition coefficient (Wildman–Crippen LogP) is 4.88. The van der Waals surface area contributed by atoms with Crippen LogP contribution in [-0.4, -0.2) is 11.5 Å². The number of nitrogens with zero attached hydrogens (tertiary/aromatic N) is 1. The van der Waals surface area contributed by atoms with Gasteiger partial charge in [0.1, 0.15) is 17.4 Å². The van der Waals surface area contributed by atoms with Crippen molar-refractivity contribution in [3.63, 3.8) is 0 Å². The largest absolute Gasteiger partial charge is 0.486 e. The standard InChI is InChI=1S/C15H18BrClN2OS/c1-10(2)6-18-7-15-19-12(9-21-15)8-20-14-4-3-11(16)5-13(14)17/h3-5,9-10,18H,6-8H2,1-2H3. The van der Waals surface area contributed by atoms with E-state index in [2.05, 4.69) is 40.1 Å². The molecule has 1 heterocycles. The van der Waals surface area contributed by atoms with E-state index in [9.17, 15) is 0 Å². The summed E-state index contributed by atoms with van der Waals surface area (Å²) in [6.45, 7) is 6.62. The van der Waals surface area contributed by atoms with Gasteiger partial charge >= 0.3 is 0 Å². The highest BCUT2D eigenvalue weighted by molar-refractivity contribution is 9.10. The number of nitrogens with one attached hydrogen (secondary N) is 1. The Kier molecular flexibility index (Phi) is 6.48. The highest BCUT2D eigenvalue weighted by Crippen LogP contribution is 2.28. The third-order valence-corrected chi connectivity index (χ3v) is 4.38. The normalized spacial score (nSPS) is 11.1. The molecule has 0 radical (unpaired) electrons. The Bertz CT molecular complexity index is 589. The molecule has 0 aliphatic carbocycles. The summed E-state index contributed by atoms with van der Waals surface area (Å²) in [5.41, 5.74) is 0.931. The molecular weight excluding hydrogens is 372 g/mol. The number of hydrogen-bond acceptors (Lipinski definition) is 4. The fourth-order valence-electron chi connectivity index (χ4n) is 1.71. The summed E-state index contributed by atoms with van der Waals surface area (Å²) in [5.74, 6) is 1.32. The molecule has 0 aliphatic rings. The highest BCUT2D eigenvalue weighted by Gasteiger charge is 2.06. The van der Waals surface area contributed by atoms with Gasteiger partial charge in [-0.1, -0.05) is 41.4 Å². The van der Waals surface area contributed by atoms with Gasteiger partial charge in [-0.25, -0.2) is 4.98 Å². The van der Waals surface area contributed by atoms with Gasteiger partial charge in [0.15, 0.2) is 0 Å². The van der Waals surface area contributed by atoms with Gasteiger partial charge in [0.2, 0.25) is 0 Å². The molecule has 21 heavy (non-hydrogen) atoms. The number of halogens is 2. The van der Waals surface area contributed by atoms with E-state index in [0.717, 1.165) is 28.3 Å². The molecule has 0 unspecified atom stereocenters. The number of hydrogen-bond donors (Lipinski definition) is 1. The van der Waals surface area contributed by atoms with Crippen LogP contribution in [0, 0.1) is 5.92 Å². The minimum atomic E-state index is 0.433. The fraction of sp³-hybridized carbons (Fsp3) is 0.400. The van der Waals surface area contributed by atoms with E-state index < -0.39 is 0 Å². The van der Waals surface area contributed by atoms with Gasteiger partial charge in [0.05, 0.1) is 10.7 Å². The number of thiazole rings is 1. The molecular formula is C15H18BrClN2OS. The maximum atomic E-state index is 6.12. The van der Waals surface area contributed by atoms with Crippen LogP contribution in [-0.2, 0) is 13.2 Å². The van der Waals surface area contributed by atoms with Gasteiger partial charge in [-0.05, 0) is 30.7 Å². The second-order valence-corrected chi connectivity index (χ2v) is 7.39. The van der Waals surface area contributed by atoms with Gasteiger partial charge in [-0.15, -0.1) is 11.3 Å². The summed E-state index contributed by atoms with van der Waals surface area (Å²) < 4.78 is 6.64. The van der Waals surface area contributed by atoms with Crippen molar-refractivity contribution < 1.29 is 4.74 Å². The second kappa shape index (κ2) is 8.13. The first kappa shape index (κ1) is 16.7. The van der Waals surface area contributed by atoms with Crippen LogP contribution < -0.4 is 10.1 Å². The molecule has 0 aliphatic heterocycles. The molecule has 114 valence electrons. The number of aromatic nitrogens is 1. The molecule has 0 saturated carbocycles. The molecule has 1 aromatic carbocycles. The highest BCUT2D eigenvalue weighted by atomic mass is 79.9. The molecule has 2 rings (SSSR count). The number of rotatable bonds is 7. The zero-order valence-electron chi connectivity index (χ0n) is 12.0. The van der Waals surface area contributed by atoms with Crippen molar-refractivity contribution in [2.24, 2.45) is 5.92 Å². The SMILES string of the molecule is CC(C)CNCc1nc(COc2ccc(Br)cc2Cl)cs1. The summed E-state index contributed by atoms with van der Waals surface area (Å²) in [7, 11) is 0. The van der Waals surface area contributed by atoms with E-state index >= 15 is 0 Å². The molecule has 2 aromatic rings. The lowest BCUT2D eigenvalue weighted by atomic mass is 10.2. The zero-order chi connectivity index (χ0) is 15.2. The fourth-order valence-corrected chi connectivity index (χ4v) is 3.18. The quantitative estimate of drug-likeness (QED) is 0.732. The van der Waals surface area contributed by atoms with Crippen molar-refractivity contribution in [1.82, 2.24) is 10.3 Å². The van der Waals surface area contributed by atoms with E-state index in [1.165, 1.54) is 0 Å². The smallest absolute Gasteiger partial charge is 0.138 e. The molecule has 0 spiro atoms. The van der Waals surface area contributed by atoms with Crippen molar-refractivity contribution >= 4 is 38.9 Å². The summed E-state index contributed by atoms with van der Waals surface area (Å²) >= 11 is 11.1. The van der Waals surface area contributed by atoms with Crippen molar-refractivity contribution in [3.05, 3.63) is 43.8 Å². The molecule has 0 saturated heterocycles. The van der Waals surface area contributed by atoms with E-state index in [4.69, 9.17) is 16.3 Å². The summed E-state index contributed by atoms with van der Waals surface area (Å²) in [5, 5.41) is 7.09. The van der Waals surface area contributed by atoms with Gasteiger partial charge in [0.25, 0.3) is 0 Å². The lowest BCUT2D eigenvalue weighted by molar-refractivity contribution is 0.302. The molecule has 0 bridgehead atoms. The van der Waals surface area contributed by atoms with E-state index in [1.807, 2.05) is 23.6 Å². The third-order valence-electron chi connectivity index (χ3n) is 2.70. The summed E-state index contributed by atoms with van der Waals surface area (Å²) in [6.07, 6.45) is 0. The first-order chi connectivity index (χ1) is 10.0. The van der Waals surface area contributed by atoms with Gasteiger partial charge in [-0.3, -0.25) is 0 Å². The minimum Gasteiger partial charge on any atom is -0.486 e. The maximum Gasteiger partial charge on any atom is 0.138 e. The third kappa shape index (κ3) is 5.58. The molecule has 0 fully saturated rings. The van der Waals surface area contributed by atoms with Crippen molar-refractivity contribution in [2.75, 3.05) is 6.54 Å². The van der Waals surface area contributed by atoms with Gasteiger partial charge < -0.3 is 10.1 Å². The Morgan fingerprint density at radius 3 is 2.95 bits per heavy atom. The Balaban J connectivity index is 1.85. The average Bonchev–Trinajstić information content (AvgIpc) is 2.85. The number of benzene rings is 1. The molecule has 0 amide bonds. The first-order valence-corrected chi connectivity index (χ1v) is 8.81. The van der Waals surface area contributed by atoms with Crippen LogP contribution in [0.5, 0.6) is 5.75 Å². The number of ether oxygens (including phenoxy) is 1. The van der Waals surface area contributed by atoms with E-state index in [1.54, 1.807) is 11.3 Å². The van der Waals surface area contributed by atoms with Crippen LogP contribution in [0.15, 0.2) is 28.1 Å². The van der Waals surface area contributed by atoms with Crippen LogP contribution in [0.3, 0.4) is 0 Å². The van der Waals surface area contributed by atoms with Crippen molar-refractivity contribution in [3.8, 4) is 5.75 Å². The van der Waals surface area contributed by atoms with Crippen LogP contribution >= 0.6 is 38.9 Å². The van der Waals surface area contributed by atoms with E-state index in [0.29, 0.717) is 23.3 Å². The Morgan fingerprint density at radius 2 is 2.24 bits per heavy atom. The monoisotopic (exact) mass is 388 g/mol. The average molecular weight is 390 g/mol. The Labute approximate surface area is 142 Å². The molecule has 0 atom stereocenters. The van der Waals surface area contributed by atoms with Crippen LogP contribution in [0.2, 0.25) is 5.02 Å². The Hall–Kier alpha value is -0.620. The van der Waals surface area contributed by atoms with E-state index in [-0.39, 0.29) is 0 Å². The molecule has 6 heteroatoms. The first-order valence-electron chi connectivity index (χ1n) is 6.76. The predicted molar refractivity (Wildman–Crippen MR) is 92.1 cm³/mol. The van der Waals surface area contributed by atoms with Crippen molar-refractivity contribution in [2.45, 2.75) is 27.0 Å². The topological polar surface area (TPSA) is 34.2 Å². The minimum absolute atomic E-state index is 0.433. The summed E-state index contributed by atoms with van der Waals surface area (Å²) in [6, 6.07) is 5.58.